The number of carbonyl (C=O) groups excluding carboxylic acids is 2. The van der Waals surface area contributed by atoms with E-state index < -0.39 is 0 Å². The average Bonchev–Trinajstić information content (AvgIpc) is 3.01. The Bertz CT molecular complexity index is 1090. The van der Waals surface area contributed by atoms with Gasteiger partial charge in [-0.15, -0.1) is 0 Å². The van der Waals surface area contributed by atoms with E-state index in [0.717, 1.165) is 34.3 Å². The van der Waals surface area contributed by atoms with Crippen LogP contribution in [0.5, 0.6) is 0 Å². The van der Waals surface area contributed by atoms with Gasteiger partial charge >= 0.3 is 0 Å². The molecule has 0 aliphatic carbocycles. The Balaban J connectivity index is 1.74. The molecule has 2 fully saturated rings. The number of thiocarbonyl (C=S) groups is 1. The standard InChI is InChI=1S/C23H26N4O2S2/c1-3-8-27-22(29)19(31-23(27)30)13-17-12-16-11-14(2)4-5-18(16)25-21(17)26-9-6-15(7-10-26)20(24)28/h4-5,11-13,15H,3,6-10H2,1-2H3,(H2,24,28)/b19-13-. The average molecular weight is 455 g/mol. The van der Waals surface area contributed by atoms with E-state index in [2.05, 4.69) is 24.0 Å². The fraction of sp³-hybridized carbons (Fsp3) is 0.391. The van der Waals surface area contributed by atoms with E-state index in [9.17, 15) is 9.59 Å². The van der Waals surface area contributed by atoms with Crippen LogP contribution in [0.2, 0.25) is 0 Å². The van der Waals surface area contributed by atoms with E-state index in [1.165, 1.54) is 11.8 Å². The third kappa shape index (κ3) is 4.45. The molecule has 2 saturated heterocycles. The van der Waals surface area contributed by atoms with Crippen molar-refractivity contribution in [2.24, 2.45) is 11.7 Å². The van der Waals surface area contributed by atoms with Crippen molar-refractivity contribution >= 4 is 62.9 Å². The molecule has 3 heterocycles. The first-order valence-corrected chi connectivity index (χ1v) is 11.8. The second-order valence-electron chi connectivity index (χ2n) is 8.09. The summed E-state index contributed by atoms with van der Waals surface area (Å²) in [5.74, 6) is 0.467. The van der Waals surface area contributed by atoms with E-state index in [4.69, 9.17) is 22.9 Å². The number of carbonyl (C=O) groups is 2. The summed E-state index contributed by atoms with van der Waals surface area (Å²) in [6.07, 6.45) is 4.19. The van der Waals surface area contributed by atoms with Gasteiger partial charge in [-0.2, -0.15) is 0 Å². The first-order valence-electron chi connectivity index (χ1n) is 10.6. The van der Waals surface area contributed by atoms with Crippen molar-refractivity contribution in [3.63, 3.8) is 0 Å². The number of nitrogens with two attached hydrogens (primary N) is 1. The van der Waals surface area contributed by atoms with Crippen LogP contribution in [-0.4, -0.2) is 45.7 Å². The number of pyridine rings is 1. The molecule has 0 atom stereocenters. The number of amides is 2. The van der Waals surface area contributed by atoms with Gasteiger partial charge in [-0.05, 0) is 50.5 Å². The van der Waals surface area contributed by atoms with Crippen molar-refractivity contribution in [2.45, 2.75) is 33.1 Å². The van der Waals surface area contributed by atoms with Gasteiger partial charge in [0, 0.05) is 36.5 Å². The predicted octanol–water partition coefficient (Wildman–Crippen LogP) is 3.86. The summed E-state index contributed by atoms with van der Waals surface area (Å²) in [4.78, 5) is 33.9. The molecule has 2 aromatic rings. The van der Waals surface area contributed by atoms with Gasteiger partial charge in [-0.3, -0.25) is 14.5 Å². The van der Waals surface area contributed by atoms with Crippen LogP contribution in [0.25, 0.3) is 17.0 Å². The lowest BCUT2D eigenvalue weighted by Gasteiger charge is -2.32. The molecule has 31 heavy (non-hydrogen) atoms. The van der Waals surface area contributed by atoms with Crippen LogP contribution in [0.3, 0.4) is 0 Å². The summed E-state index contributed by atoms with van der Waals surface area (Å²) in [6, 6.07) is 8.27. The fourth-order valence-corrected chi connectivity index (χ4v) is 5.39. The molecule has 4 rings (SSSR count). The van der Waals surface area contributed by atoms with Crippen LogP contribution in [0.1, 0.15) is 37.3 Å². The second kappa shape index (κ2) is 8.96. The maximum Gasteiger partial charge on any atom is 0.266 e. The van der Waals surface area contributed by atoms with E-state index in [1.54, 1.807) is 4.90 Å². The Kier molecular flexibility index (Phi) is 6.29. The lowest BCUT2D eigenvalue weighted by molar-refractivity contribution is -0.123. The monoisotopic (exact) mass is 454 g/mol. The van der Waals surface area contributed by atoms with E-state index in [1.807, 2.05) is 25.1 Å². The van der Waals surface area contributed by atoms with Crippen LogP contribution in [0, 0.1) is 12.8 Å². The molecule has 2 amide bonds. The molecule has 8 heteroatoms. The molecule has 0 saturated carbocycles. The lowest BCUT2D eigenvalue weighted by atomic mass is 9.96. The number of thioether (sulfide) groups is 1. The Hall–Kier alpha value is -2.45. The Labute approximate surface area is 191 Å². The number of fused-ring (bicyclic) bond motifs is 1. The molecule has 2 aliphatic heterocycles. The van der Waals surface area contributed by atoms with Crippen molar-refractivity contribution in [3.05, 3.63) is 40.3 Å². The Morgan fingerprint density at radius 2 is 2.06 bits per heavy atom. The van der Waals surface area contributed by atoms with Crippen molar-refractivity contribution in [1.82, 2.24) is 9.88 Å². The molecule has 1 aromatic heterocycles. The fourth-order valence-electron chi connectivity index (χ4n) is 4.10. The van der Waals surface area contributed by atoms with Gasteiger partial charge in [0.2, 0.25) is 5.91 Å². The molecule has 0 spiro atoms. The van der Waals surface area contributed by atoms with E-state index >= 15 is 0 Å². The van der Waals surface area contributed by atoms with Gasteiger partial charge in [0.1, 0.15) is 10.1 Å². The lowest BCUT2D eigenvalue weighted by Crippen LogP contribution is -2.39. The second-order valence-corrected chi connectivity index (χ2v) is 9.77. The highest BCUT2D eigenvalue weighted by Gasteiger charge is 2.32. The first kappa shape index (κ1) is 21.8. The van der Waals surface area contributed by atoms with E-state index in [-0.39, 0.29) is 17.7 Å². The number of aryl methyl sites for hydroxylation is 1. The number of primary amides is 1. The molecule has 1 aromatic carbocycles. The maximum atomic E-state index is 12.9. The molecule has 0 bridgehead atoms. The van der Waals surface area contributed by atoms with Crippen LogP contribution >= 0.6 is 24.0 Å². The molecule has 0 unspecified atom stereocenters. The van der Waals surface area contributed by atoms with Gasteiger partial charge in [0.05, 0.1) is 10.4 Å². The summed E-state index contributed by atoms with van der Waals surface area (Å²) in [5.41, 5.74) is 8.47. The minimum atomic E-state index is -0.235. The van der Waals surface area contributed by atoms with Crippen molar-refractivity contribution in [2.75, 3.05) is 24.5 Å². The Morgan fingerprint density at radius 1 is 1.32 bits per heavy atom. The smallest absolute Gasteiger partial charge is 0.266 e. The molecule has 162 valence electrons. The minimum absolute atomic E-state index is 0.0421. The third-order valence-corrected chi connectivity index (χ3v) is 7.16. The van der Waals surface area contributed by atoms with Crippen LogP contribution in [-0.2, 0) is 9.59 Å². The highest BCUT2D eigenvalue weighted by molar-refractivity contribution is 8.26. The molecule has 0 radical (unpaired) electrons. The number of piperidine rings is 1. The maximum absolute atomic E-state index is 12.9. The summed E-state index contributed by atoms with van der Waals surface area (Å²) in [7, 11) is 0. The number of hydrogen-bond acceptors (Lipinski definition) is 6. The Morgan fingerprint density at radius 3 is 2.74 bits per heavy atom. The minimum Gasteiger partial charge on any atom is -0.369 e. The van der Waals surface area contributed by atoms with Crippen LogP contribution in [0.4, 0.5) is 5.82 Å². The molecular weight excluding hydrogens is 428 g/mol. The van der Waals surface area contributed by atoms with Gasteiger partial charge in [-0.25, -0.2) is 4.98 Å². The number of benzene rings is 1. The SMILES string of the molecule is CCCN1C(=O)/C(=C/c2cc3cc(C)ccc3nc2N2CCC(C(N)=O)CC2)SC1=S. The third-order valence-electron chi connectivity index (χ3n) is 5.78. The predicted molar refractivity (Wildman–Crippen MR) is 131 cm³/mol. The molecule has 6 nitrogen and oxygen atoms in total. The van der Waals surface area contributed by atoms with Crippen LogP contribution in [0.15, 0.2) is 29.2 Å². The number of nitrogens with zero attached hydrogens (tertiary/aromatic N) is 3. The first-order chi connectivity index (χ1) is 14.9. The number of rotatable bonds is 5. The number of hydrogen-bond donors (Lipinski definition) is 1. The van der Waals surface area contributed by atoms with Gasteiger partial charge in [0.25, 0.3) is 5.91 Å². The normalized spacial score (nSPS) is 19.1. The zero-order valence-electron chi connectivity index (χ0n) is 17.8. The summed E-state index contributed by atoms with van der Waals surface area (Å²) in [6.45, 7) is 6.12. The van der Waals surface area contributed by atoms with Gasteiger partial charge < -0.3 is 10.6 Å². The molecule has 2 N–H and O–H groups in total. The topological polar surface area (TPSA) is 79.5 Å². The quantitative estimate of drug-likeness (QED) is 0.546. The largest absolute Gasteiger partial charge is 0.369 e. The summed E-state index contributed by atoms with van der Waals surface area (Å²) >= 11 is 6.77. The number of aromatic nitrogens is 1. The zero-order valence-corrected chi connectivity index (χ0v) is 19.4. The number of anilines is 1. The highest BCUT2D eigenvalue weighted by atomic mass is 32.2. The summed E-state index contributed by atoms with van der Waals surface area (Å²) in [5, 5.41) is 1.03. The van der Waals surface area contributed by atoms with Gasteiger partial charge in [0.15, 0.2) is 0 Å². The van der Waals surface area contributed by atoms with E-state index in [0.29, 0.717) is 41.7 Å². The van der Waals surface area contributed by atoms with Crippen molar-refractivity contribution < 1.29 is 9.59 Å². The van der Waals surface area contributed by atoms with Crippen molar-refractivity contribution in [3.8, 4) is 0 Å². The van der Waals surface area contributed by atoms with Crippen LogP contribution < -0.4 is 10.6 Å². The molecular formula is C23H26N4O2S2. The highest BCUT2D eigenvalue weighted by Crippen LogP contribution is 2.36. The van der Waals surface area contributed by atoms with Crippen molar-refractivity contribution in [1.29, 1.82) is 0 Å². The molecule has 2 aliphatic rings. The zero-order chi connectivity index (χ0) is 22.1. The van der Waals surface area contributed by atoms with Gasteiger partial charge in [-0.1, -0.05) is 42.5 Å². The summed E-state index contributed by atoms with van der Waals surface area (Å²) < 4.78 is 0.603.